The topological polar surface area (TPSA) is 66.0 Å². The highest BCUT2D eigenvalue weighted by Gasteiger charge is 2.25. The zero-order valence-electron chi connectivity index (χ0n) is 17.3. The molecule has 0 atom stereocenters. The van der Waals surface area contributed by atoms with Crippen molar-refractivity contribution in [3.8, 4) is 16.3 Å². The van der Waals surface area contributed by atoms with Gasteiger partial charge in [0.25, 0.3) is 5.91 Å². The molecule has 0 saturated carbocycles. The van der Waals surface area contributed by atoms with Crippen LogP contribution >= 0.6 is 11.3 Å². The van der Waals surface area contributed by atoms with Gasteiger partial charge in [-0.2, -0.15) is 0 Å². The Labute approximate surface area is 175 Å². The quantitative estimate of drug-likeness (QED) is 0.694. The van der Waals surface area contributed by atoms with Gasteiger partial charge < -0.3 is 14.5 Å². The molecular formula is C21H28N4O3S. The van der Waals surface area contributed by atoms with Gasteiger partial charge in [-0.25, -0.2) is 4.98 Å². The number of hydrogen-bond acceptors (Lipinski definition) is 6. The summed E-state index contributed by atoms with van der Waals surface area (Å²) in [5, 5.41) is 2.64. The molecule has 0 N–H and O–H groups in total. The zero-order valence-corrected chi connectivity index (χ0v) is 18.1. The molecule has 0 bridgehead atoms. The number of nitrogens with zero attached hydrogens (tertiary/aromatic N) is 4. The Kier molecular flexibility index (Phi) is 7.22. The van der Waals surface area contributed by atoms with E-state index in [0.29, 0.717) is 38.4 Å². The van der Waals surface area contributed by atoms with Gasteiger partial charge in [0.05, 0.1) is 13.7 Å². The Hall–Kier alpha value is -2.45. The van der Waals surface area contributed by atoms with Crippen LogP contribution in [0.1, 0.15) is 24.3 Å². The van der Waals surface area contributed by atoms with Gasteiger partial charge in [0.2, 0.25) is 5.91 Å². The Bertz CT molecular complexity index is 825. The van der Waals surface area contributed by atoms with E-state index in [4.69, 9.17) is 4.74 Å². The van der Waals surface area contributed by atoms with E-state index in [-0.39, 0.29) is 11.8 Å². The number of thiazole rings is 1. The van der Waals surface area contributed by atoms with Crippen LogP contribution in [-0.2, 0) is 4.79 Å². The summed E-state index contributed by atoms with van der Waals surface area (Å²) in [4.78, 5) is 35.4. The second-order valence-electron chi connectivity index (χ2n) is 6.90. The first-order valence-corrected chi connectivity index (χ1v) is 10.8. The number of rotatable bonds is 7. The van der Waals surface area contributed by atoms with Gasteiger partial charge in [0.1, 0.15) is 16.5 Å². The molecule has 1 aliphatic heterocycles. The zero-order chi connectivity index (χ0) is 20.8. The molecule has 0 unspecified atom stereocenters. The van der Waals surface area contributed by atoms with Gasteiger partial charge in [-0.1, -0.05) is 0 Å². The molecule has 1 aliphatic rings. The van der Waals surface area contributed by atoms with Crippen LogP contribution in [0, 0.1) is 0 Å². The van der Waals surface area contributed by atoms with Crippen LogP contribution in [-0.4, -0.2) is 84.4 Å². The number of amides is 2. The van der Waals surface area contributed by atoms with Crippen molar-refractivity contribution >= 4 is 23.2 Å². The monoisotopic (exact) mass is 416 g/mol. The number of carbonyl (C=O) groups excluding carboxylic acids is 2. The van der Waals surface area contributed by atoms with Crippen molar-refractivity contribution < 1.29 is 14.3 Å². The van der Waals surface area contributed by atoms with Crippen molar-refractivity contribution in [3.63, 3.8) is 0 Å². The van der Waals surface area contributed by atoms with Gasteiger partial charge in [-0.3, -0.25) is 14.5 Å². The van der Waals surface area contributed by atoms with E-state index in [1.54, 1.807) is 7.11 Å². The third-order valence-electron chi connectivity index (χ3n) is 5.19. The molecule has 1 fully saturated rings. The lowest BCUT2D eigenvalue weighted by molar-refractivity contribution is -0.132. The highest BCUT2D eigenvalue weighted by atomic mass is 32.1. The summed E-state index contributed by atoms with van der Waals surface area (Å²) in [6.45, 7) is 8.49. The van der Waals surface area contributed by atoms with E-state index in [1.807, 2.05) is 53.3 Å². The first-order chi connectivity index (χ1) is 14.0. The number of piperazine rings is 1. The maximum absolute atomic E-state index is 12.8. The Morgan fingerprint density at radius 1 is 1.10 bits per heavy atom. The number of hydrogen-bond donors (Lipinski definition) is 0. The number of benzene rings is 1. The smallest absolute Gasteiger partial charge is 0.273 e. The summed E-state index contributed by atoms with van der Waals surface area (Å²) >= 11 is 1.47. The van der Waals surface area contributed by atoms with Crippen molar-refractivity contribution in [1.82, 2.24) is 19.7 Å². The molecule has 0 spiro atoms. The van der Waals surface area contributed by atoms with Crippen LogP contribution in [0.15, 0.2) is 29.6 Å². The van der Waals surface area contributed by atoms with Gasteiger partial charge in [0.15, 0.2) is 0 Å². The first kappa shape index (κ1) is 21.3. The third kappa shape index (κ3) is 5.13. The van der Waals surface area contributed by atoms with Gasteiger partial charge in [-0.05, 0) is 38.1 Å². The fourth-order valence-electron chi connectivity index (χ4n) is 3.38. The minimum atomic E-state index is -0.0456. The second kappa shape index (κ2) is 9.84. The fraction of sp³-hybridized carbons (Fsp3) is 0.476. The molecule has 156 valence electrons. The first-order valence-electron chi connectivity index (χ1n) is 9.95. The van der Waals surface area contributed by atoms with E-state index in [9.17, 15) is 9.59 Å². The number of ether oxygens (including phenoxy) is 1. The lowest BCUT2D eigenvalue weighted by Crippen LogP contribution is -2.51. The number of carbonyl (C=O) groups is 2. The lowest BCUT2D eigenvalue weighted by atomic mass is 10.2. The second-order valence-corrected chi connectivity index (χ2v) is 7.76. The average Bonchev–Trinajstić information content (AvgIpc) is 3.25. The predicted octanol–water partition coefficient (Wildman–Crippen LogP) is 2.44. The molecular weight excluding hydrogens is 388 g/mol. The molecule has 1 aromatic heterocycles. The summed E-state index contributed by atoms with van der Waals surface area (Å²) in [5.74, 6) is 0.896. The number of methoxy groups -OCH3 is 1. The van der Waals surface area contributed by atoms with Crippen molar-refractivity contribution in [1.29, 1.82) is 0 Å². The van der Waals surface area contributed by atoms with Crippen LogP contribution in [0.4, 0.5) is 0 Å². The maximum atomic E-state index is 12.8. The summed E-state index contributed by atoms with van der Waals surface area (Å²) in [6, 6.07) is 7.66. The molecule has 29 heavy (non-hydrogen) atoms. The molecule has 8 heteroatoms. The Balaban J connectivity index is 1.55. The van der Waals surface area contributed by atoms with Crippen molar-refractivity contribution in [2.75, 3.05) is 52.9 Å². The normalized spacial score (nSPS) is 14.7. The van der Waals surface area contributed by atoms with E-state index < -0.39 is 0 Å². The van der Waals surface area contributed by atoms with Crippen molar-refractivity contribution in [2.24, 2.45) is 0 Å². The molecule has 1 saturated heterocycles. The molecule has 7 nitrogen and oxygen atoms in total. The Morgan fingerprint density at radius 2 is 1.76 bits per heavy atom. The molecule has 2 aromatic rings. The van der Waals surface area contributed by atoms with Gasteiger partial charge >= 0.3 is 0 Å². The highest BCUT2D eigenvalue weighted by Crippen LogP contribution is 2.26. The number of aromatic nitrogens is 1. The standard InChI is InChI=1S/C21H28N4O3S/c1-4-24(5-2)19(26)14-23-10-12-25(13-11-23)21(27)18-15-29-20(22-18)16-6-8-17(28-3)9-7-16/h6-9,15H,4-5,10-14H2,1-3H3. The van der Waals surface area contributed by atoms with Crippen LogP contribution in [0.5, 0.6) is 5.75 Å². The maximum Gasteiger partial charge on any atom is 0.273 e. The largest absolute Gasteiger partial charge is 0.497 e. The van der Waals surface area contributed by atoms with Crippen LogP contribution < -0.4 is 4.74 Å². The molecule has 0 radical (unpaired) electrons. The van der Waals surface area contributed by atoms with Gasteiger partial charge in [0, 0.05) is 50.2 Å². The van der Waals surface area contributed by atoms with E-state index in [1.165, 1.54) is 11.3 Å². The van der Waals surface area contributed by atoms with Crippen LogP contribution in [0.3, 0.4) is 0 Å². The molecule has 3 rings (SSSR count). The third-order valence-corrected chi connectivity index (χ3v) is 6.09. The van der Waals surface area contributed by atoms with Crippen LogP contribution in [0.2, 0.25) is 0 Å². The van der Waals surface area contributed by atoms with E-state index >= 15 is 0 Å². The summed E-state index contributed by atoms with van der Waals surface area (Å²) in [7, 11) is 1.63. The van der Waals surface area contributed by atoms with Crippen LogP contribution in [0.25, 0.3) is 10.6 Å². The van der Waals surface area contributed by atoms with Crippen molar-refractivity contribution in [2.45, 2.75) is 13.8 Å². The molecule has 2 amide bonds. The lowest BCUT2D eigenvalue weighted by Gasteiger charge is -2.34. The minimum absolute atomic E-state index is 0.0456. The SMILES string of the molecule is CCN(CC)C(=O)CN1CCN(C(=O)c2csc(-c3ccc(OC)cc3)n2)CC1. The summed E-state index contributed by atoms with van der Waals surface area (Å²) in [5.41, 5.74) is 1.45. The minimum Gasteiger partial charge on any atom is -0.497 e. The number of likely N-dealkylation sites (N-methyl/N-ethyl adjacent to an activating group) is 1. The van der Waals surface area contributed by atoms with E-state index in [2.05, 4.69) is 9.88 Å². The molecule has 0 aliphatic carbocycles. The average molecular weight is 417 g/mol. The Morgan fingerprint density at radius 3 is 2.34 bits per heavy atom. The molecule has 2 heterocycles. The van der Waals surface area contributed by atoms with Gasteiger partial charge in [-0.15, -0.1) is 11.3 Å². The summed E-state index contributed by atoms with van der Waals surface area (Å²) in [6.07, 6.45) is 0. The predicted molar refractivity (Wildman–Crippen MR) is 114 cm³/mol. The summed E-state index contributed by atoms with van der Waals surface area (Å²) < 4.78 is 5.18. The molecule has 1 aromatic carbocycles. The van der Waals surface area contributed by atoms with Crippen molar-refractivity contribution in [3.05, 3.63) is 35.3 Å². The highest BCUT2D eigenvalue weighted by molar-refractivity contribution is 7.13. The van der Waals surface area contributed by atoms with E-state index in [0.717, 1.165) is 29.4 Å². The fourth-order valence-corrected chi connectivity index (χ4v) is 4.18.